The Morgan fingerprint density at radius 3 is 1.66 bits per heavy atom. The number of benzene rings is 3. The van der Waals surface area contributed by atoms with Gasteiger partial charge in [-0.25, -0.2) is 4.90 Å². The van der Waals surface area contributed by atoms with Gasteiger partial charge in [-0.3, -0.25) is 9.59 Å². The number of amides is 2. The number of halogens is 3. The summed E-state index contributed by atoms with van der Waals surface area (Å²) in [5, 5.41) is 0.424. The maximum absolute atomic E-state index is 14.0. The quantitative estimate of drug-likeness (QED) is 0.290. The summed E-state index contributed by atoms with van der Waals surface area (Å²) in [6, 6.07) is 21.0. The van der Waals surface area contributed by atoms with Crippen molar-refractivity contribution in [1.29, 1.82) is 0 Å². The Hall–Kier alpha value is -2.15. The van der Waals surface area contributed by atoms with E-state index in [0.717, 1.165) is 22.3 Å². The first-order chi connectivity index (χ1) is 15.3. The van der Waals surface area contributed by atoms with Crippen LogP contribution in [0.15, 0.2) is 66.7 Å². The molecule has 3 aliphatic carbocycles. The summed E-state index contributed by atoms with van der Waals surface area (Å²) in [6.45, 7) is 0. The van der Waals surface area contributed by atoms with Gasteiger partial charge >= 0.3 is 0 Å². The maximum Gasteiger partial charge on any atom is 0.240 e. The molecule has 2 bridgehead atoms. The first-order valence-electron chi connectivity index (χ1n) is 10.1. The summed E-state index contributed by atoms with van der Waals surface area (Å²) in [4.78, 5) is 29.3. The molecule has 32 heavy (non-hydrogen) atoms. The average Bonchev–Trinajstić information content (AvgIpc) is 3.08. The van der Waals surface area contributed by atoms with Crippen LogP contribution in [-0.2, 0) is 18.2 Å². The molecule has 0 unspecified atom stereocenters. The van der Waals surface area contributed by atoms with Crippen LogP contribution in [0.25, 0.3) is 0 Å². The van der Waals surface area contributed by atoms with Crippen LogP contribution in [0.5, 0.6) is 5.75 Å². The fraction of sp³-hybridized carbons (Fsp3) is 0.200. The molecular weight excluding hydrogens is 558 g/mol. The Morgan fingerprint density at radius 1 is 0.812 bits per heavy atom. The maximum atomic E-state index is 14.0. The minimum atomic E-state index is -0.826. The van der Waals surface area contributed by atoms with Gasteiger partial charge in [-0.2, -0.15) is 0 Å². The number of ether oxygens (including phenoxy) is 1. The van der Waals surface area contributed by atoms with E-state index in [-0.39, 0.29) is 11.8 Å². The first kappa shape index (κ1) is 20.5. The highest BCUT2D eigenvalue weighted by molar-refractivity contribution is 9.10. The Labute approximate surface area is 206 Å². The topological polar surface area (TPSA) is 46.6 Å². The number of rotatable bonds is 2. The number of imide groups is 1. The van der Waals surface area contributed by atoms with Crippen molar-refractivity contribution in [3.05, 3.63) is 94.0 Å². The van der Waals surface area contributed by atoms with Gasteiger partial charge < -0.3 is 4.74 Å². The predicted octanol–water partition coefficient (Wildman–Crippen LogP) is 5.76. The number of nitrogens with zero attached hydrogens (tertiary/aromatic N) is 1. The van der Waals surface area contributed by atoms with Crippen molar-refractivity contribution in [1.82, 2.24) is 0 Å². The number of methoxy groups -OCH3 is 1. The van der Waals surface area contributed by atoms with Crippen molar-refractivity contribution in [3.63, 3.8) is 0 Å². The fourth-order valence-electron chi connectivity index (χ4n) is 5.74. The monoisotopic (exact) mass is 571 g/mol. The molecule has 0 aromatic heterocycles. The van der Waals surface area contributed by atoms with Crippen LogP contribution in [0.3, 0.4) is 0 Å². The molecule has 7 rings (SSSR count). The number of hydrogen-bond acceptors (Lipinski definition) is 3. The van der Waals surface area contributed by atoms with Crippen LogP contribution >= 0.6 is 43.5 Å². The van der Waals surface area contributed by atoms with Crippen molar-refractivity contribution >= 4 is 61.0 Å². The van der Waals surface area contributed by atoms with Gasteiger partial charge in [-0.1, -0.05) is 92.0 Å². The fourth-order valence-corrected chi connectivity index (χ4v) is 8.21. The van der Waals surface area contributed by atoms with Crippen molar-refractivity contribution in [3.8, 4) is 5.75 Å². The van der Waals surface area contributed by atoms with Crippen molar-refractivity contribution in [2.75, 3.05) is 12.0 Å². The highest BCUT2D eigenvalue weighted by Crippen LogP contribution is 2.71. The molecule has 0 saturated carbocycles. The Balaban J connectivity index is 1.66. The molecule has 4 aliphatic rings. The zero-order valence-corrected chi connectivity index (χ0v) is 20.7. The van der Waals surface area contributed by atoms with Crippen molar-refractivity contribution in [2.45, 2.75) is 8.65 Å². The molecule has 4 nitrogen and oxygen atoms in total. The molecule has 3 aromatic rings. The van der Waals surface area contributed by atoms with Crippen LogP contribution in [-0.4, -0.2) is 18.9 Å². The van der Waals surface area contributed by atoms with Crippen LogP contribution in [0.2, 0.25) is 5.02 Å². The van der Waals surface area contributed by atoms with E-state index >= 15 is 0 Å². The number of anilines is 1. The number of alkyl halides is 2. The molecule has 2 amide bonds. The predicted molar refractivity (Wildman–Crippen MR) is 130 cm³/mol. The number of carbonyl (C=O) groups excluding carboxylic acids is 2. The van der Waals surface area contributed by atoms with E-state index < -0.39 is 20.5 Å². The Morgan fingerprint density at radius 2 is 1.25 bits per heavy atom. The lowest BCUT2D eigenvalue weighted by molar-refractivity contribution is -0.122. The molecule has 0 N–H and O–H groups in total. The van der Waals surface area contributed by atoms with Crippen LogP contribution < -0.4 is 9.64 Å². The summed E-state index contributed by atoms with van der Waals surface area (Å²) in [5.41, 5.74) is 4.36. The number of carbonyl (C=O) groups is 2. The third-order valence-electron chi connectivity index (χ3n) is 6.97. The van der Waals surface area contributed by atoms with Crippen LogP contribution in [0.1, 0.15) is 22.3 Å². The molecule has 160 valence electrons. The lowest BCUT2D eigenvalue weighted by Crippen LogP contribution is -2.56. The van der Waals surface area contributed by atoms with Gasteiger partial charge in [-0.15, -0.1) is 0 Å². The second kappa shape index (κ2) is 6.69. The van der Waals surface area contributed by atoms with E-state index in [0.29, 0.717) is 16.5 Å². The second-order valence-corrected chi connectivity index (χ2v) is 11.2. The summed E-state index contributed by atoms with van der Waals surface area (Å²) in [6.07, 6.45) is 0. The molecular formula is C25H16Br2ClNO3. The van der Waals surface area contributed by atoms with Gasteiger partial charge in [0, 0.05) is 5.02 Å². The van der Waals surface area contributed by atoms with E-state index in [9.17, 15) is 9.59 Å². The van der Waals surface area contributed by atoms with Crippen LogP contribution in [0.4, 0.5) is 5.69 Å². The molecule has 0 radical (unpaired) electrons. The minimum absolute atomic E-state index is 0.273. The summed E-state index contributed by atoms with van der Waals surface area (Å²) in [5.74, 6) is -1.40. The van der Waals surface area contributed by atoms with Gasteiger partial charge in [0.25, 0.3) is 0 Å². The molecule has 1 saturated heterocycles. The molecule has 0 spiro atoms. The van der Waals surface area contributed by atoms with Gasteiger partial charge in [-0.05, 0) is 40.5 Å². The Bertz CT molecular complexity index is 1220. The van der Waals surface area contributed by atoms with Gasteiger partial charge in [0.15, 0.2) is 0 Å². The van der Waals surface area contributed by atoms with E-state index in [2.05, 4.69) is 31.9 Å². The number of hydrogen-bond donors (Lipinski definition) is 0. The second-order valence-electron chi connectivity index (χ2n) is 8.30. The third-order valence-corrected chi connectivity index (χ3v) is 9.90. The lowest BCUT2D eigenvalue weighted by Gasteiger charge is -2.55. The zero-order valence-electron chi connectivity index (χ0n) is 16.8. The van der Waals surface area contributed by atoms with Gasteiger partial charge in [0.1, 0.15) is 5.75 Å². The van der Waals surface area contributed by atoms with Crippen LogP contribution in [0, 0.1) is 11.8 Å². The van der Waals surface area contributed by atoms with Gasteiger partial charge in [0.05, 0.1) is 33.3 Å². The smallest absolute Gasteiger partial charge is 0.240 e. The average molecular weight is 574 g/mol. The third kappa shape index (κ3) is 2.23. The molecule has 2 atom stereocenters. The van der Waals surface area contributed by atoms with E-state index in [1.807, 2.05) is 48.5 Å². The lowest BCUT2D eigenvalue weighted by atomic mass is 9.54. The standard InChI is InChI=1S/C25H16Br2ClNO3/c1-32-19-11-10-13(28)12-18(19)29-22(30)20-21(23(29)31)25(27)15-7-3-2-6-14(15)24(20,26)16-8-4-5-9-17(16)25/h2-12,20-21H,1H3/t20-,21+,24?,25?. The van der Waals surface area contributed by atoms with Gasteiger partial charge in [0.2, 0.25) is 11.8 Å². The van der Waals surface area contributed by atoms with E-state index in [1.54, 1.807) is 18.2 Å². The largest absolute Gasteiger partial charge is 0.495 e. The Kier molecular flexibility index (Phi) is 4.27. The zero-order chi connectivity index (χ0) is 22.4. The highest BCUT2D eigenvalue weighted by Gasteiger charge is 2.72. The minimum Gasteiger partial charge on any atom is -0.495 e. The molecule has 7 heteroatoms. The summed E-state index contributed by atoms with van der Waals surface area (Å²) < 4.78 is 3.83. The normalized spacial score (nSPS) is 29.6. The van der Waals surface area contributed by atoms with Crippen molar-refractivity contribution in [2.24, 2.45) is 11.8 Å². The van der Waals surface area contributed by atoms with E-state index in [4.69, 9.17) is 16.3 Å². The summed E-state index contributed by atoms with van der Waals surface area (Å²) >= 11 is 14.3. The van der Waals surface area contributed by atoms with Crippen molar-refractivity contribution < 1.29 is 14.3 Å². The molecule has 1 fully saturated rings. The molecule has 1 heterocycles. The molecule has 3 aromatic carbocycles. The highest BCUT2D eigenvalue weighted by atomic mass is 79.9. The SMILES string of the molecule is COc1ccc(Cl)cc1N1C(=O)[C@@H]2[C@H](C1=O)C1(Br)c3ccccc3C2(Br)c2ccccc21. The van der Waals surface area contributed by atoms with E-state index in [1.165, 1.54) is 12.0 Å². The summed E-state index contributed by atoms with van der Waals surface area (Å²) in [7, 11) is 1.51. The molecule has 1 aliphatic heterocycles. The first-order valence-corrected chi connectivity index (χ1v) is 12.1.